The molecule has 90 valence electrons. The fourth-order valence-electron chi connectivity index (χ4n) is 1.38. The maximum absolute atomic E-state index is 11.4. The maximum atomic E-state index is 11.4. The monoisotopic (exact) mass is 305 g/mol. The average molecular weight is 306 g/mol. The van der Waals surface area contributed by atoms with Crippen LogP contribution in [-0.4, -0.2) is 28.0 Å². The van der Waals surface area contributed by atoms with Crippen LogP contribution in [0.25, 0.3) is 0 Å². The van der Waals surface area contributed by atoms with E-state index in [1.165, 1.54) is 0 Å². The third-order valence-electron chi connectivity index (χ3n) is 2.28. The molecular weight excluding hydrogens is 290 g/mol. The molecule has 0 saturated heterocycles. The van der Waals surface area contributed by atoms with Crippen molar-refractivity contribution >= 4 is 34.5 Å². The van der Waals surface area contributed by atoms with Gasteiger partial charge in [0, 0.05) is 24.4 Å². The summed E-state index contributed by atoms with van der Waals surface area (Å²) in [5.74, 6) is 0.703. The molecule has 0 unspecified atom stereocenters. The number of carbonyl (C=O) groups excluding carboxylic acids is 1. The van der Waals surface area contributed by atoms with E-state index in [9.17, 15) is 4.79 Å². The van der Waals surface area contributed by atoms with Crippen molar-refractivity contribution in [3.63, 3.8) is 0 Å². The van der Waals surface area contributed by atoms with E-state index in [0.29, 0.717) is 25.3 Å². The second-order valence-electron chi connectivity index (χ2n) is 3.53. The predicted molar refractivity (Wildman–Crippen MR) is 70.9 cm³/mol. The number of aromatic nitrogens is 2. The topological polar surface area (TPSA) is 46.9 Å². The Balaban J connectivity index is 2.48. The lowest BCUT2D eigenvalue weighted by molar-refractivity contribution is -0.121. The Morgan fingerprint density at radius 1 is 1.56 bits per heavy atom. The van der Waals surface area contributed by atoms with Crippen LogP contribution in [0.4, 0.5) is 0 Å². The minimum absolute atomic E-state index is 0.0396. The lowest BCUT2D eigenvalue weighted by Crippen LogP contribution is -2.26. The number of aryl methyl sites for hydroxylation is 2. The summed E-state index contributed by atoms with van der Waals surface area (Å²) in [4.78, 5) is 11.4. The standard InChI is InChI=1S/C10H16BrN3OS/c1-7-10(11)8(2)14(13-7)5-3-9(15)12-4-6-16/h16H,3-6H2,1-2H3,(H,12,15). The number of thiol groups is 1. The van der Waals surface area contributed by atoms with Gasteiger partial charge in [0.15, 0.2) is 0 Å². The largest absolute Gasteiger partial charge is 0.355 e. The highest BCUT2D eigenvalue weighted by Crippen LogP contribution is 2.19. The summed E-state index contributed by atoms with van der Waals surface area (Å²) < 4.78 is 2.86. The summed E-state index contributed by atoms with van der Waals surface area (Å²) in [6, 6.07) is 0. The van der Waals surface area contributed by atoms with Crippen LogP contribution in [0, 0.1) is 13.8 Å². The second kappa shape index (κ2) is 6.30. The molecule has 6 heteroatoms. The first-order valence-corrected chi connectivity index (χ1v) is 6.56. The van der Waals surface area contributed by atoms with E-state index in [2.05, 4.69) is 39.0 Å². The van der Waals surface area contributed by atoms with Gasteiger partial charge in [-0.1, -0.05) is 0 Å². The smallest absolute Gasteiger partial charge is 0.221 e. The molecule has 16 heavy (non-hydrogen) atoms. The first-order chi connectivity index (χ1) is 7.56. The number of nitrogens with one attached hydrogen (secondary N) is 1. The summed E-state index contributed by atoms with van der Waals surface area (Å²) in [5, 5.41) is 7.11. The van der Waals surface area contributed by atoms with E-state index in [4.69, 9.17) is 0 Å². The molecule has 0 fully saturated rings. The van der Waals surface area contributed by atoms with E-state index < -0.39 is 0 Å². The number of halogens is 1. The van der Waals surface area contributed by atoms with Gasteiger partial charge < -0.3 is 5.32 Å². The van der Waals surface area contributed by atoms with Gasteiger partial charge >= 0.3 is 0 Å². The highest BCUT2D eigenvalue weighted by atomic mass is 79.9. The molecule has 0 saturated carbocycles. The summed E-state index contributed by atoms with van der Waals surface area (Å²) in [6.07, 6.45) is 0.447. The molecule has 1 N–H and O–H groups in total. The maximum Gasteiger partial charge on any atom is 0.221 e. The van der Waals surface area contributed by atoms with Gasteiger partial charge in [0.1, 0.15) is 0 Å². The predicted octanol–water partition coefficient (Wildman–Crippen LogP) is 1.70. The highest BCUT2D eigenvalue weighted by Gasteiger charge is 2.09. The first-order valence-electron chi connectivity index (χ1n) is 5.13. The Labute approximate surface area is 109 Å². The van der Waals surface area contributed by atoms with Gasteiger partial charge in [-0.15, -0.1) is 0 Å². The average Bonchev–Trinajstić information content (AvgIpc) is 2.51. The summed E-state index contributed by atoms with van der Waals surface area (Å²) in [5.41, 5.74) is 2.01. The molecule has 0 radical (unpaired) electrons. The van der Waals surface area contributed by atoms with Crippen molar-refractivity contribution < 1.29 is 4.79 Å². The molecule has 0 spiro atoms. The Morgan fingerprint density at radius 2 is 2.25 bits per heavy atom. The zero-order chi connectivity index (χ0) is 12.1. The first kappa shape index (κ1) is 13.6. The number of hydrogen-bond donors (Lipinski definition) is 2. The normalized spacial score (nSPS) is 10.5. The quantitative estimate of drug-likeness (QED) is 0.814. The zero-order valence-corrected chi connectivity index (χ0v) is 11.9. The lowest BCUT2D eigenvalue weighted by Gasteiger charge is -2.05. The van der Waals surface area contributed by atoms with Crippen molar-refractivity contribution in [2.24, 2.45) is 0 Å². The number of nitrogens with zero attached hydrogens (tertiary/aromatic N) is 2. The van der Waals surface area contributed by atoms with Gasteiger partial charge in [0.2, 0.25) is 5.91 Å². The van der Waals surface area contributed by atoms with Crippen LogP contribution in [0.3, 0.4) is 0 Å². The van der Waals surface area contributed by atoms with E-state index in [-0.39, 0.29) is 5.91 Å². The van der Waals surface area contributed by atoms with Crippen LogP contribution in [0.1, 0.15) is 17.8 Å². The van der Waals surface area contributed by atoms with E-state index >= 15 is 0 Å². The van der Waals surface area contributed by atoms with Gasteiger partial charge in [-0.3, -0.25) is 9.48 Å². The van der Waals surface area contributed by atoms with Crippen molar-refractivity contribution in [2.75, 3.05) is 12.3 Å². The van der Waals surface area contributed by atoms with Gasteiger partial charge in [0.05, 0.1) is 16.7 Å². The van der Waals surface area contributed by atoms with E-state index in [0.717, 1.165) is 15.9 Å². The molecule has 1 amide bonds. The van der Waals surface area contributed by atoms with Crippen molar-refractivity contribution in [2.45, 2.75) is 26.8 Å². The Morgan fingerprint density at radius 3 is 2.75 bits per heavy atom. The number of carbonyl (C=O) groups is 1. The molecule has 1 heterocycles. The van der Waals surface area contributed by atoms with Crippen LogP contribution in [0.15, 0.2) is 4.47 Å². The van der Waals surface area contributed by atoms with Crippen LogP contribution in [-0.2, 0) is 11.3 Å². The van der Waals surface area contributed by atoms with E-state index in [1.54, 1.807) is 0 Å². The van der Waals surface area contributed by atoms with Crippen LogP contribution < -0.4 is 5.32 Å². The van der Waals surface area contributed by atoms with Gasteiger partial charge in [0.25, 0.3) is 0 Å². The molecule has 0 aliphatic heterocycles. The molecule has 1 rings (SSSR count). The van der Waals surface area contributed by atoms with Crippen LogP contribution in [0.5, 0.6) is 0 Å². The Hall–Kier alpha value is -0.490. The van der Waals surface area contributed by atoms with Gasteiger partial charge in [-0.2, -0.15) is 17.7 Å². The lowest BCUT2D eigenvalue weighted by atomic mass is 10.3. The number of amides is 1. The summed E-state index contributed by atoms with van der Waals surface area (Å²) in [6.45, 7) is 5.14. The minimum atomic E-state index is 0.0396. The van der Waals surface area contributed by atoms with Crippen molar-refractivity contribution in [1.82, 2.24) is 15.1 Å². The molecular formula is C10H16BrN3OS. The third kappa shape index (κ3) is 3.52. The molecule has 1 aromatic heterocycles. The van der Waals surface area contributed by atoms with Crippen molar-refractivity contribution in [3.05, 3.63) is 15.9 Å². The summed E-state index contributed by atoms with van der Waals surface area (Å²) in [7, 11) is 0. The van der Waals surface area contributed by atoms with Gasteiger partial charge in [-0.25, -0.2) is 0 Å². The second-order valence-corrected chi connectivity index (χ2v) is 4.77. The molecule has 0 bridgehead atoms. The van der Waals surface area contributed by atoms with Crippen molar-refractivity contribution in [1.29, 1.82) is 0 Å². The molecule has 0 aliphatic carbocycles. The fourth-order valence-corrected chi connectivity index (χ4v) is 1.78. The fraction of sp³-hybridized carbons (Fsp3) is 0.600. The molecule has 0 atom stereocenters. The molecule has 0 aliphatic rings. The Bertz CT molecular complexity index is 378. The number of hydrogen-bond acceptors (Lipinski definition) is 3. The Kier molecular flexibility index (Phi) is 5.34. The molecule has 0 aromatic carbocycles. The third-order valence-corrected chi connectivity index (χ3v) is 3.65. The van der Waals surface area contributed by atoms with Crippen LogP contribution >= 0.6 is 28.6 Å². The molecule has 1 aromatic rings. The van der Waals surface area contributed by atoms with Crippen LogP contribution in [0.2, 0.25) is 0 Å². The zero-order valence-electron chi connectivity index (χ0n) is 9.46. The number of rotatable bonds is 5. The summed E-state index contributed by atoms with van der Waals surface area (Å²) >= 11 is 7.48. The highest BCUT2D eigenvalue weighted by molar-refractivity contribution is 9.10. The SMILES string of the molecule is Cc1nn(CCC(=O)NCCS)c(C)c1Br. The van der Waals surface area contributed by atoms with Gasteiger partial charge in [-0.05, 0) is 29.8 Å². The minimum Gasteiger partial charge on any atom is -0.355 e. The van der Waals surface area contributed by atoms with Crippen molar-refractivity contribution in [3.8, 4) is 0 Å². The van der Waals surface area contributed by atoms with E-state index in [1.807, 2.05) is 18.5 Å². The molecule has 4 nitrogen and oxygen atoms in total.